The van der Waals surface area contributed by atoms with E-state index in [1.807, 2.05) is 37.3 Å². The topological polar surface area (TPSA) is 50.3 Å². The van der Waals surface area contributed by atoms with Gasteiger partial charge in [-0.25, -0.2) is 13.4 Å². The Morgan fingerprint density at radius 3 is 2.40 bits per heavy atom. The van der Waals surface area contributed by atoms with Crippen molar-refractivity contribution in [1.82, 2.24) is 9.29 Å². The summed E-state index contributed by atoms with van der Waals surface area (Å²) in [7, 11) is -3.55. The second kappa shape index (κ2) is 6.35. The second-order valence-electron chi connectivity index (χ2n) is 4.23. The Morgan fingerprint density at radius 1 is 1.15 bits per heavy atom. The third-order valence-corrected chi connectivity index (χ3v) is 5.02. The van der Waals surface area contributed by atoms with Gasteiger partial charge >= 0.3 is 0 Å². The molecule has 0 fully saturated rings. The molecule has 0 amide bonds. The fourth-order valence-electron chi connectivity index (χ4n) is 1.82. The van der Waals surface area contributed by atoms with E-state index in [4.69, 9.17) is 11.6 Å². The van der Waals surface area contributed by atoms with E-state index in [9.17, 15) is 8.42 Å². The molecule has 0 aliphatic carbocycles. The van der Waals surface area contributed by atoms with Crippen LogP contribution in [0.5, 0.6) is 0 Å². The number of halogens is 1. The predicted octanol–water partition coefficient (Wildman–Crippen LogP) is 2.95. The zero-order valence-electron chi connectivity index (χ0n) is 11.0. The maximum Gasteiger partial charge on any atom is 0.244 e. The Labute approximate surface area is 124 Å². The number of hydrogen-bond acceptors (Lipinski definition) is 3. The summed E-state index contributed by atoms with van der Waals surface area (Å²) in [6.45, 7) is 2.53. The molecule has 6 heteroatoms. The van der Waals surface area contributed by atoms with Crippen molar-refractivity contribution in [3.05, 3.63) is 59.4 Å². The Morgan fingerprint density at radius 2 is 1.85 bits per heavy atom. The molecule has 1 aromatic heterocycles. The van der Waals surface area contributed by atoms with Gasteiger partial charge in [0.1, 0.15) is 10.0 Å². The molecule has 0 aliphatic heterocycles. The standard InChI is InChI=1S/C14H15ClN2O2S/c1-2-17(11-12-6-4-3-5-7-12)20(18,19)13-8-9-14(15)16-10-13/h3-10H,2,11H2,1H3. The largest absolute Gasteiger partial charge is 0.244 e. The Kier molecular flexibility index (Phi) is 4.75. The molecule has 1 heterocycles. The minimum Gasteiger partial charge on any atom is -0.243 e. The van der Waals surface area contributed by atoms with Crippen LogP contribution in [0.15, 0.2) is 53.6 Å². The highest BCUT2D eigenvalue weighted by Crippen LogP contribution is 2.18. The van der Waals surface area contributed by atoms with Crippen molar-refractivity contribution in [3.63, 3.8) is 0 Å². The van der Waals surface area contributed by atoms with Gasteiger partial charge in [0.25, 0.3) is 0 Å². The maximum atomic E-state index is 12.5. The molecule has 4 nitrogen and oxygen atoms in total. The summed E-state index contributed by atoms with van der Waals surface area (Å²) >= 11 is 5.69. The predicted molar refractivity (Wildman–Crippen MR) is 79.0 cm³/mol. The lowest BCUT2D eigenvalue weighted by atomic mass is 10.2. The number of pyridine rings is 1. The molecule has 0 bridgehead atoms. The van der Waals surface area contributed by atoms with Crippen LogP contribution in [0.25, 0.3) is 0 Å². The molecule has 0 saturated carbocycles. The van der Waals surface area contributed by atoms with Crippen molar-refractivity contribution >= 4 is 21.6 Å². The first kappa shape index (κ1) is 15.0. The summed E-state index contributed by atoms with van der Waals surface area (Å²) in [4.78, 5) is 3.98. The third kappa shape index (κ3) is 3.36. The monoisotopic (exact) mass is 310 g/mol. The van der Waals surface area contributed by atoms with Crippen molar-refractivity contribution in [2.45, 2.75) is 18.4 Å². The van der Waals surface area contributed by atoms with Gasteiger partial charge in [0.2, 0.25) is 10.0 Å². The minimum absolute atomic E-state index is 0.152. The molecule has 2 aromatic rings. The number of rotatable bonds is 5. The Hall–Kier alpha value is -1.43. The van der Waals surface area contributed by atoms with Gasteiger partial charge in [0.05, 0.1) is 0 Å². The molecule has 0 radical (unpaired) electrons. The van der Waals surface area contributed by atoms with E-state index in [0.717, 1.165) is 5.56 Å². The van der Waals surface area contributed by atoms with Gasteiger partial charge in [-0.3, -0.25) is 0 Å². The van der Waals surface area contributed by atoms with Crippen LogP contribution in [0, 0.1) is 0 Å². The highest BCUT2D eigenvalue weighted by molar-refractivity contribution is 7.89. The SMILES string of the molecule is CCN(Cc1ccccc1)S(=O)(=O)c1ccc(Cl)nc1. The second-order valence-corrected chi connectivity index (χ2v) is 6.56. The smallest absolute Gasteiger partial charge is 0.243 e. The molecule has 0 unspecified atom stereocenters. The molecular formula is C14H15ClN2O2S. The summed E-state index contributed by atoms with van der Waals surface area (Å²) in [6.07, 6.45) is 1.28. The van der Waals surface area contributed by atoms with Crippen molar-refractivity contribution in [2.75, 3.05) is 6.54 Å². The molecule has 0 saturated heterocycles. The normalized spacial score (nSPS) is 11.8. The van der Waals surface area contributed by atoms with Crippen LogP contribution >= 0.6 is 11.6 Å². The van der Waals surface area contributed by atoms with Crippen LogP contribution in [0.2, 0.25) is 5.15 Å². The zero-order chi connectivity index (χ0) is 14.6. The maximum absolute atomic E-state index is 12.5. The number of sulfonamides is 1. The van der Waals surface area contributed by atoms with Gasteiger partial charge in [-0.1, -0.05) is 48.9 Å². The molecule has 0 aliphatic rings. The van der Waals surface area contributed by atoms with Crippen molar-refractivity contribution in [3.8, 4) is 0 Å². The van der Waals surface area contributed by atoms with Crippen LogP contribution in [0.4, 0.5) is 0 Å². The zero-order valence-corrected chi connectivity index (χ0v) is 12.6. The first-order valence-corrected chi connectivity index (χ1v) is 8.01. The van der Waals surface area contributed by atoms with Gasteiger partial charge < -0.3 is 0 Å². The van der Waals surface area contributed by atoms with Crippen LogP contribution < -0.4 is 0 Å². The van der Waals surface area contributed by atoms with Gasteiger partial charge in [-0.05, 0) is 17.7 Å². The molecular weight excluding hydrogens is 296 g/mol. The highest BCUT2D eigenvalue weighted by atomic mass is 35.5. The highest BCUT2D eigenvalue weighted by Gasteiger charge is 2.23. The van der Waals surface area contributed by atoms with E-state index in [2.05, 4.69) is 4.98 Å². The Bertz CT molecular complexity index is 657. The number of benzene rings is 1. The molecule has 1 aromatic carbocycles. The van der Waals surface area contributed by atoms with Gasteiger partial charge in [-0.2, -0.15) is 4.31 Å². The first-order chi connectivity index (χ1) is 9.54. The van der Waals surface area contributed by atoms with Gasteiger partial charge in [0.15, 0.2) is 0 Å². The number of nitrogens with zero attached hydrogens (tertiary/aromatic N) is 2. The van der Waals surface area contributed by atoms with E-state index < -0.39 is 10.0 Å². The quantitative estimate of drug-likeness (QED) is 0.798. The first-order valence-electron chi connectivity index (χ1n) is 6.19. The lowest BCUT2D eigenvalue weighted by Crippen LogP contribution is -2.30. The minimum atomic E-state index is -3.55. The Balaban J connectivity index is 2.28. The van der Waals surface area contributed by atoms with E-state index in [1.165, 1.54) is 22.6 Å². The number of aromatic nitrogens is 1. The van der Waals surface area contributed by atoms with Crippen LogP contribution in [-0.4, -0.2) is 24.3 Å². The lowest BCUT2D eigenvalue weighted by Gasteiger charge is -2.20. The fourth-order valence-corrected chi connectivity index (χ4v) is 3.31. The summed E-state index contributed by atoms with van der Waals surface area (Å²) in [5, 5.41) is 0.273. The van der Waals surface area contributed by atoms with E-state index >= 15 is 0 Å². The molecule has 106 valence electrons. The molecule has 0 spiro atoms. The van der Waals surface area contributed by atoms with E-state index in [0.29, 0.717) is 13.1 Å². The lowest BCUT2D eigenvalue weighted by molar-refractivity contribution is 0.423. The average Bonchev–Trinajstić information content (AvgIpc) is 2.46. The number of hydrogen-bond donors (Lipinski definition) is 0. The molecule has 0 atom stereocenters. The summed E-state index contributed by atoms with van der Waals surface area (Å²) in [5.74, 6) is 0. The molecule has 2 rings (SSSR count). The van der Waals surface area contributed by atoms with Gasteiger partial charge in [-0.15, -0.1) is 0 Å². The van der Waals surface area contributed by atoms with E-state index in [1.54, 1.807) is 0 Å². The van der Waals surface area contributed by atoms with Crippen LogP contribution in [-0.2, 0) is 16.6 Å². The third-order valence-electron chi connectivity index (χ3n) is 2.89. The summed E-state index contributed by atoms with van der Waals surface area (Å²) in [5.41, 5.74) is 0.944. The molecule has 20 heavy (non-hydrogen) atoms. The fraction of sp³-hybridized carbons (Fsp3) is 0.214. The van der Waals surface area contributed by atoms with Crippen molar-refractivity contribution in [2.24, 2.45) is 0 Å². The van der Waals surface area contributed by atoms with Crippen molar-refractivity contribution in [1.29, 1.82) is 0 Å². The summed E-state index contributed by atoms with van der Waals surface area (Å²) < 4.78 is 26.5. The van der Waals surface area contributed by atoms with Crippen molar-refractivity contribution < 1.29 is 8.42 Å². The average molecular weight is 311 g/mol. The van der Waals surface area contributed by atoms with Crippen LogP contribution in [0.3, 0.4) is 0 Å². The van der Waals surface area contributed by atoms with Crippen LogP contribution in [0.1, 0.15) is 12.5 Å². The van der Waals surface area contributed by atoms with E-state index in [-0.39, 0.29) is 10.0 Å². The summed E-state index contributed by atoms with van der Waals surface area (Å²) in [6, 6.07) is 12.4. The molecule has 0 N–H and O–H groups in total. The van der Waals surface area contributed by atoms with Gasteiger partial charge in [0, 0.05) is 19.3 Å².